The van der Waals surface area contributed by atoms with E-state index in [-0.39, 0.29) is 16.9 Å². The van der Waals surface area contributed by atoms with Gasteiger partial charge in [0.15, 0.2) is 5.96 Å². The smallest absolute Gasteiger partial charge is 0.186 e. The highest BCUT2D eigenvalue weighted by molar-refractivity contribution is 5.76. The van der Waals surface area contributed by atoms with Crippen LogP contribution in [-0.2, 0) is 0 Å². The van der Waals surface area contributed by atoms with Gasteiger partial charge in [-0.15, -0.1) is 0 Å². The van der Waals surface area contributed by atoms with E-state index in [9.17, 15) is 0 Å². The fourth-order valence-electron chi connectivity index (χ4n) is 1.62. The zero-order chi connectivity index (χ0) is 11.6. The van der Waals surface area contributed by atoms with Gasteiger partial charge in [-0.25, -0.2) is 4.99 Å². The number of aliphatic imine (C=N–C) groups is 1. The molecule has 3 heteroatoms. The van der Waals surface area contributed by atoms with Crippen LogP contribution in [0.15, 0.2) is 17.1 Å². The molecule has 0 aromatic rings. The van der Waals surface area contributed by atoms with Gasteiger partial charge in [0.1, 0.15) is 0 Å². The van der Waals surface area contributed by atoms with Crippen molar-refractivity contribution in [1.29, 1.82) is 0 Å². The molecule has 0 saturated heterocycles. The third-order valence-electron chi connectivity index (χ3n) is 2.46. The molecule has 0 aliphatic carbocycles. The average molecular weight is 197 g/mol. The zero-order valence-electron chi connectivity index (χ0n) is 10.0. The van der Waals surface area contributed by atoms with Crippen molar-refractivity contribution in [3.8, 4) is 0 Å². The molecule has 0 aromatic carbocycles. The Bertz CT molecular complexity index is 245. The van der Waals surface area contributed by atoms with E-state index in [1.165, 1.54) is 0 Å². The van der Waals surface area contributed by atoms with Crippen LogP contribution in [0.1, 0.15) is 41.0 Å². The minimum Gasteiger partial charge on any atom is -0.370 e. The Hall–Kier alpha value is -0.990. The molecule has 3 nitrogen and oxygen atoms in total. The summed E-state index contributed by atoms with van der Waals surface area (Å²) < 4.78 is 0. The molecule has 0 heterocycles. The minimum atomic E-state index is -0.235. The van der Waals surface area contributed by atoms with E-state index in [1.54, 1.807) is 0 Å². The summed E-state index contributed by atoms with van der Waals surface area (Å²) in [5.41, 5.74) is 11.7. The number of nitrogens with zero attached hydrogens (tertiary/aromatic N) is 1. The highest BCUT2D eigenvalue weighted by atomic mass is 15.0. The zero-order valence-corrected chi connectivity index (χ0v) is 10.0. The second kappa shape index (κ2) is 4.03. The highest BCUT2D eigenvalue weighted by Gasteiger charge is 2.29. The van der Waals surface area contributed by atoms with Gasteiger partial charge >= 0.3 is 0 Å². The van der Waals surface area contributed by atoms with E-state index in [1.807, 2.05) is 20.8 Å². The van der Waals surface area contributed by atoms with Gasteiger partial charge in [-0.05, 0) is 32.6 Å². The molecule has 0 aromatic heterocycles. The van der Waals surface area contributed by atoms with Crippen LogP contribution in [-0.4, -0.2) is 11.5 Å². The first kappa shape index (κ1) is 13.0. The third-order valence-corrected chi connectivity index (χ3v) is 2.46. The van der Waals surface area contributed by atoms with E-state index in [2.05, 4.69) is 25.4 Å². The standard InChI is InChI=1S/C11H23N3/c1-8(2)10(3,4)7-11(5,6)14-9(12)13/h1,7H2,2-6H3,(H4,12,13,14). The van der Waals surface area contributed by atoms with Gasteiger partial charge in [0.05, 0.1) is 5.54 Å². The molecule has 14 heavy (non-hydrogen) atoms. The van der Waals surface area contributed by atoms with E-state index < -0.39 is 0 Å². The van der Waals surface area contributed by atoms with Crippen molar-refractivity contribution in [2.75, 3.05) is 0 Å². The lowest BCUT2D eigenvalue weighted by molar-refractivity contribution is 0.309. The van der Waals surface area contributed by atoms with Crippen molar-refractivity contribution in [1.82, 2.24) is 0 Å². The summed E-state index contributed by atoms with van der Waals surface area (Å²) in [5.74, 6) is 0.146. The van der Waals surface area contributed by atoms with Crippen LogP contribution in [0.25, 0.3) is 0 Å². The number of hydrogen-bond acceptors (Lipinski definition) is 1. The molecule has 0 spiro atoms. The first-order chi connectivity index (χ1) is 6.07. The molecular weight excluding hydrogens is 174 g/mol. The second-order valence-corrected chi connectivity index (χ2v) is 5.19. The topological polar surface area (TPSA) is 64.4 Å². The third kappa shape index (κ3) is 4.30. The maximum atomic E-state index is 5.38. The number of guanidine groups is 1. The highest BCUT2D eigenvalue weighted by Crippen LogP contribution is 2.35. The molecule has 0 aliphatic heterocycles. The number of rotatable bonds is 4. The molecule has 82 valence electrons. The monoisotopic (exact) mass is 197 g/mol. The summed E-state index contributed by atoms with van der Waals surface area (Å²) in [6.45, 7) is 14.4. The fraction of sp³-hybridized carbons (Fsp3) is 0.727. The summed E-state index contributed by atoms with van der Waals surface area (Å²) >= 11 is 0. The van der Waals surface area contributed by atoms with Crippen molar-refractivity contribution >= 4 is 5.96 Å². The van der Waals surface area contributed by atoms with Crippen LogP contribution < -0.4 is 11.5 Å². The Kier molecular flexibility index (Phi) is 3.74. The minimum absolute atomic E-state index is 0.0580. The van der Waals surface area contributed by atoms with E-state index in [0.29, 0.717) is 0 Å². The van der Waals surface area contributed by atoms with Crippen LogP contribution in [0, 0.1) is 5.41 Å². The van der Waals surface area contributed by atoms with Crippen LogP contribution in [0.3, 0.4) is 0 Å². The van der Waals surface area contributed by atoms with Gasteiger partial charge < -0.3 is 11.5 Å². The maximum absolute atomic E-state index is 5.38. The summed E-state index contributed by atoms with van der Waals surface area (Å²) in [6.07, 6.45) is 0.882. The lowest BCUT2D eigenvalue weighted by Crippen LogP contribution is -2.33. The van der Waals surface area contributed by atoms with Crippen molar-refractivity contribution in [3.63, 3.8) is 0 Å². The van der Waals surface area contributed by atoms with Crippen LogP contribution in [0.2, 0.25) is 0 Å². The molecular formula is C11H23N3. The van der Waals surface area contributed by atoms with Crippen LogP contribution in [0.5, 0.6) is 0 Å². The Morgan fingerprint density at radius 1 is 1.21 bits per heavy atom. The molecule has 0 atom stereocenters. The number of hydrogen-bond donors (Lipinski definition) is 2. The van der Waals surface area contributed by atoms with E-state index >= 15 is 0 Å². The molecule has 0 saturated carbocycles. The van der Waals surface area contributed by atoms with Gasteiger partial charge in [0.25, 0.3) is 0 Å². The molecule has 0 fully saturated rings. The molecule has 4 N–H and O–H groups in total. The number of allylic oxidation sites excluding steroid dienone is 1. The van der Waals surface area contributed by atoms with Crippen LogP contribution in [0.4, 0.5) is 0 Å². The van der Waals surface area contributed by atoms with Gasteiger partial charge in [-0.1, -0.05) is 26.0 Å². The normalized spacial score (nSPS) is 12.4. The largest absolute Gasteiger partial charge is 0.370 e. The molecule has 0 bridgehead atoms. The maximum Gasteiger partial charge on any atom is 0.186 e. The van der Waals surface area contributed by atoms with Gasteiger partial charge in [0, 0.05) is 0 Å². The lowest BCUT2D eigenvalue weighted by Gasteiger charge is -2.33. The van der Waals surface area contributed by atoms with Crippen molar-refractivity contribution in [3.05, 3.63) is 12.2 Å². The predicted octanol–water partition coefficient (Wildman–Crippen LogP) is 2.03. The predicted molar refractivity (Wildman–Crippen MR) is 63.1 cm³/mol. The average Bonchev–Trinajstić information content (AvgIpc) is 1.79. The Labute approximate surface area is 87.3 Å². The molecule has 0 unspecified atom stereocenters. The molecule has 0 amide bonds. The Morgan fingerprint density at radius 2 is 1.64 bits per heavy atom. The summed E-state index contributed by atoms with van der Waals surface area (Å²) in [7, 11) is 0. The lowest BCUT2D eigenvalue weighted by atomic mass is 9.76. The number of nitrogens with two attached hydrogens (primary N) is 2. The fourth-order valence-corrected chi connectivity index (χ4v) is 1.62. The second-order valence-electron chi connectivity index (χ2n) is 5.19. The van der Waals surface area contributed by atoms with E-state index in [0.717, 1.165) is 12.0 Å². The molecule has 0 radical (unpaired) electrons. The van der Waals surface area contributed by atoms with Crippen molar-refractivity contribution in [2.45, 2.75) is 46.6 Å². The SMILES string of the molecule is C=C(C)C(C)(C)CC(C)(C)N=C(N)N. The van der Waals surface area contributed by atoms with E-state index in [4.69, 9.17) is 11.5 Å². The molecule has 0 rings (SSSR count). The first-order valence-corrected chi connectivity index (χ1v) is 4.84. The van der Waals surface area contributed by atoms with Crippen molar-refractivity contribution < 1.29 is 0 Å². The van der Waals surface area contributed by atoms with Crippen molar-refractivity contribution in [2.24, 2.45) is 21.9 Å². The van der Waals surface area contributed by atoms with Crippen LogP contribution >= 0.6 is 0 Å². The first-order valence-electron chi connectivity index (χ1n) is 4.84. The van der Waals surface area contributed by atoms with Gasteiger partial charge in [-0.2, -0.15) is 0 Å². The Morgan fingerprint density at radius 3 is 1.93 bits per heavy atom. The molecule has 0 aliphatic rings. The quantitative estimate of drug-likeness (QED) is 0.411. The summed E-state index contributed by atoms with van der Waals surface area (Å²) in [4.78, 5) is 4.21. The van der Waals surface area contributed by atoms with Gasteiger partial charge in [0.2, 0.25) is 0 Å². The Balaban J connectivity index is 4.67. The van der Waals surface area contributed by atoms with Gasteiger partial charge in [-0.3, -0.25) is 0 Å². The summed E-state index contributed by atoms with van der Waals surface area (Å²) in [5, 5.41) is 0. The summed E-state index contributed by atoms with van der Waals surface area (Å²) in [6, 6.07) is 0.